The van der Waals surface area contributed by atoms with E-state index in [1.165, 1.54) is 0 Å². The molecule has 0 aliphatic carbocycles. The van der Waals surface area contributed by atoms with E-state index in [1.54, 1.807) is 6.07 Å². The third kappa shape index (κ3) is 3.36. The van der Waals surface area contributed by atoms with Gasteiger partial charge in [0.05, 0.1) is 12.3 Å². The third-order valence-corrected chi connectivity index (χ3v) is 3.27. The van der Waals surface area contributed by atoms with Gasteiger partial charge in [0.15, 0.2) is 0 Å². The molecule has 4 heteroatoms. The first-order valence-electron chi connectivity index (χ1n) is 6.55. The highest BCUT2D eigenvalue weighted by molar-refractivity contribution is 6.30. The van der Waals surface area contributed by atoms with Gasteiger partial charge in [-0.05, 0) is 37.6 Å². The summed E-state index contributed by atoms with van der Waals surface area (Å²) in [5.41, 5.74) is 2.52. The van der Waals surface area contributed by atoms with Gasteiger partial charge in [-0.15, -0.1) is 0 Å². The van der Waals surface area contributed by atoms with E-state index in [0.29, 0.717) is 23.9 Å². The molecule has 20 heavy (non-hydrogen) atoms. The van der Waals surface area contributed by atoms with Gasteiger partial charge in [0.25, 0.3) is 0 Å². The van der Waals surface area contributed by atoms with Crippen molar-refractivity contribution in [1.82, 2.24) is 0 Å². The number of phenols is 1. The van der Waals surface area contributed by atoms with Gasteiger partial charge in [-0.25, -0.2) is 0 Å². The molecule has 0 unspecified atom stereocenters. The predicted molar refractivity (Wildman–Crippen MR) is 82.8 cm³/mol. The highest BCUT2D eigenvalue weighted by Gasteiger charge is 2.07. The van der Waals surface area contributed by atoms with Crippen LogP contribution in [0.3, 0.4) is 0 Å². The van der Waals surface area contributed by atoms with Crippen molar-refractivity contribution in [2.45, 2.75) is 20.4 Å². The largest absolute Gasteiger partial charge is 0.507 e. The lowest BCUT2D eigenvalue weighted by atomic mass is 10.1. The average molecular weight is 292 g/mol. The van der Waals surface area contributed by atoms with E-state index in [0.717, 1.165) is 22.6 Å². The van der Waals surface area contributed by atoms with Crippen molar-refractivity contribution in [3.05, 3.63) is 52.5 Å². The molecular weight excluding hydrogens is 274 g/mol. The standard InChI is InChI=1S/C16H18ClNO2/c1-3-20-15-8-7-13(17)9-14(15)18-10-12-6-4-5-11(2)16(12)19/h4-9,18-19H,3,10H2,1-2H3. The smallest absolute Gasteiger partial charge is 0.142 e. The Bertz CT molecular complexity index is 599. The van der Waals surface area contributed by atoms with Crippen LogP contribution in [0.1, 0.15) is 18.1 Å². The number of hydrogen-bond donors (Lipinski definition) is 2. The number of rotatable bonds is 5. The summed E-state index contributed by atoms with van der Waals surface area (Å²) in [5, 5.41) is 13.9. The molecule has 0 bridgehead atoms. The molecule has 0 aliphatic rings. The molecule has 0 atom stereocenters. The molecule has 106 valence electrons. The number of halogens is 1. The number of ether oxygens (including phenoxy) is 1. The molecule has 0 saturated carbocycles. The van der Waals surface area contributed by atoms with Crippen LogP contribution in [0.5, 0.6) is 11.5 Å². The molecule has 2 N–H and O–H groups in total. The summed E-state index contributed by atoms with van der Waals surface area (Å²) >= 11 is 6.01. The molecule has 0 aromatic heterocycles. The molecule has 2 aromatic carbocycles. The van der Waals surface area contributed by atoms with Gasteiger partial charge in [-0.1, -0.05) is 29.8 Å². The van der Waals surface area contributed by atoms with Crippen molar-refractivity contribution >= 4 is 17.3 Å². The quantitative estimate of drug-likeness (QED) is 0.860. The van der Waals surface area contributed by atoms with Gasteiger partial charge >= 0.3 is 0 Å². The van der Waals surface area contributed by atoms with Crippen LogP contribution in [0, 0.1) is 6.92 Å². The number of para-hydroxylation sites is 1. The van der Waals surface area contributed by atoms with Crippen LogP contribution in [0.25, 0.3) is 0 Å². The summed E-state index contributed by atoms with van der Waals surface area (Å²) in [7, 11) is 0. The number of anilines is 1. The Hall–Kier alpha value is -1.87. The summed E-state index contributed by atoms with van der Waals surface area (Å²) in [6.45, 7) is 4.91. The normalized spacial score (nSPS) is 10.3. The molecule has 0 heterocycles. The van der Waals surface area contributed by atoms with Gasteiger partial charge in [0.2, 0.25) is 0 Å². The Morgan fingerprint density at radius 2 is 2.05 bits per heavy atom. The van der Waals surface area contributed by atoms with Gasteiger partial charge in [0, 0.05) is 17.1 Å². The van der Waals surface area contributed by atoms with Crippen LogP contribution in [0.4, 0.5) is 5.69 Å². The monoisotopic (exact) mass is 291 g/mol. The van der Waals surface area contributed by atoms with E-state index in [4.69, 9.17) is 16.3 Å². The number of aryl methyl sites for hydroxylation is 1. The zero-order chi connectivity index (χ0) is 14.5. The molecule has 0 amide bonds. The average Bonchev–Trinajstić information content (AvgIpc) is 2.43. The maximum absolute atomic E-state index is 10.0. The van der Waals surface area contributed by atoms with Gasteiger partial charge in [-0.3, -0.25) is 0 Å². The fraction of sp³-hybridized carbons (Fsp3) is 0.250. The zero-order valence-electron chi connectivity index (χ0n) is 11.6. The van der Waals surface area contributed by atoms with E-state index < -0.39 is 0 Å². The minimum Gasteiger partial charge on any atom is -0.507 e. The summed E-state index contributed by atoms with van der Waals surface area (Å²) in [5.74, 6) is 1.07. The highest BCUT2D eigenvalue weighted by Crippen LogP contribution is 2.29. The van der Waals surface area contributed by atoms with E-state index in [-0.39, 0.29) is 0 Å². The van der Waals surface area contributed by atoms with Crippen LogP contribution in [0.2, 0.25) is 5.02 Å². The lowest BCUT2D eigenvalue weighted by Crippen LogP contribution is -2.03. The van der Waals surface area contributed by atoms with Crippen LogP contribution in [-0.2, 0) is 6.54 Å². The number of phenolic OH excluding ortho intramolecular Hbond substituents is 1. The summed E-state index contributed by atoms with van der Waals surface area (Å²) < 4.78 is 5.55. The van der Waals surface area contributed by atoms with E-state index in [1.807, 2.05) is 44.2 Å². The maximum atomic E-state index is 10.0. The first-order chi connectivity index (χ1) is 9.61. The molecule has 2 aromatic rings. The Labute approximate surface area is 124 Å². The van der Waals surface area contributed by atoms with Crippen molar-refractivity contribution in [2.75, 3.05) is 11.9 Å². The maximum Gasteiger partial charge on any atom is 0.142 e. The summed E-state index contributed by atoms with van der Waals surface area (Å²) in [6.07, 6.45) is 0. The second-order valence-corrected chi connectivity index (χ2v) is 4.95. The van der Waals surface area contributed by atoms with E-state index >= 15 is 0 Å². The number of nitrogens with one attached hydrogen (secondary N) is 1. The fourth-order valence-corrected chi connectivity index (χ4v) is 2.15. The lowest BCUT2D eigenvalue weighted by Gasteiger charge is -2.14. The number of benzene rings is 2. The molecule has 0 saturated heterocycles. The van der Waals surface area contributed by atoms with Crippen LogP contribution in [-0.4, -0.2) is 11.7 Å². The molecule has 0 aliphatic heterocycles. The van der Waals surface area contributed by atoms with Crippen molar-refractivity contribution in [3.63, 3.8) is 0 Å². The molecular formula is C16H18ClNO2. The van der Waals surface area contributed by atoms with E-state index in [9.17, 15) is 5.11 Å². The van der Waals surface area contributed by atoms with Gasteiger partial charge in [0.1, 0.15) is 11.5 Å². The molecule has 0 fully saturated rings. The first-order valence-corrected chi connectivity index (χ1v) is 6.93. The minimum absolute atomic E-state index is 0.319. The number of aromatic hydroxyl groups is 1. The summed E-state index contributed by atoms with van der Waals surface area (Å²) in [6, 6.07) is 11.1. The topological polar surface area (TPSA) is 41.5 Å². The minimum atomic E-state index is 0.319. The Kier molecular flexibility index (Phi) is 4.74. The Morgan fingerprint density at radius 3 is 2.80 bits per heavy atom. The Morgan fingerprint density at radius 1 is 1.25 bits per heavy atom. The Balaban J connectivity index is 2.18. The predicted octanol–water partition coefficient (Wildman–Crippen LogP) is 4.36. The van der Waals surface area contributed by atoms with Crippen LogP contribution in [0.15, 0.2) is 36.4 Å². The van der Waals surface area contributed by atoms with Crippen molar-refractivity contribution in [2.24, 2.45) is 0 Å². The molecule has 0 spiro atoms. The second-order valence-electron chi connectivity index (χ2n) is 4.51. The summed E-state index contributed by atoms with van der Waals surface area (Å²) in [4.78, 5) is 0. The van der Waals surface area contributed by atoms with Crippen LogP contribution < -0.4 is 10.1 Å². The zero-order valence-corrected chi connectivity index (χ0v) is 12.4. The highest BCUT2D eigenvalue weighted by atomic mass is 35.5. The molecule has 2 rings (SSSR count). The van der Waals surface area contributed by atoms with Crippen molar-refractivity contribution in [3.8, 4) is 11.5 Å². The SMILES string of the molecule is CCOc1ccc(Cl)cc1NCc1cccc(C)c1O. The van der Waals surface area contributed by atoms with Crippen molar-refractivity contribution in [1.29, 1.82) is 0 Å². The lowest BCUT2D eigenvalue weighted by molar-refractivity contribution is 0.341. The van der Waals surface area contributed by atoms with E-state index in [2.05, 4.69) is 5.32 Å². The van der Waals surface area contributed by atoms with Crippen LogP contribution >= 0.6 is 11.6 Å². The fourth-order valence-electron chi connectivity index (χ4n) is 1.97. The molecule has 3 nitrogen and oxygen atoms in total. The second kappa shape index (κ2) is 6.53. The van der Waals surface area contributed by atoms with Gasteiger partial charge in [-0.2, -0.15) is 0 Å². The number of hydrogen-bond acceptors (Lipinski definition) is 3. The first kappa shape index (κ1) is 14.5. The molecule has 0 radical (unpaired) electrons. The van der Waals surface area contributed by atoms with Gasteiger partial charge < -0.3 is 15.2 Å². The third-order valence-electron chi connectivity index (χ3n) is 3.03. The van der Waals surface area contributed by atoms with Crippen molar-refractivity contribution < 1.29 is 9.84 Å².